The summed E-state index contributed by atoms with van der Waals surface area (Å²) in [5.74, 6) is 0.194. The number of carbonyl (C=O) groups is 1. The van der Waals surface area contributed by atoms with Crippen molar-refractivity contribution in [1.82, 2.24) is 15.1 Å². The predicted octanol–water partition coefficient (Wildman–Crippen LogP) is 5.61. The Morgan fingerprint density at radius 3 is 2.67 bits per heavy atom. The lowest BCUT2D eigenvalue weighted by molar-refractivity contribution is -0.121. The van der Waals surface area contributed by atoms with Gasteiger partial charge in [0.1, 0.15) is 16.6 Å². The molecule has 2 aromatic carbocycles. The lowest BCUT2D eigenvalue weighted by atomic mass is 10.0. The van der Waals surface area contributed by atoms with Gasteiger partial charge in [0.15, 0.2) is 0 Å². The molecule has 1 aliphatic rings. The van der Waals surface area contributed by atoms with Gasteiger partial charge < -0.3 is 10.1 Å². The zero-order valence-corrected chi connectivity index (χ0v) is 21.0. The molecule has 3 aromatic rings. The zero-order valence-electron chi connectivity index (χ0n) is 20.2. The number of benzene rings is 2. The number of thioether (sulfide) groups is 1. The van der Waals surface area contributed by atoms with Gasteiger partial charge in [0.05, 0.1) is 29.0 Å². The van der Waals surface area contributed by atoms with E-state index in [1.807, 2.05) is 25.5 Å². The Morgan fingerprint density at radius 1 is 1.22 bits per heavy atom. The van der Waals surface area contributed by atoms with Gasteiger partial charge >= 0.3 is 6.61 Å². The topological polar surface area (TPSA) is 68.5 Å². The van der Waals surface area contributed by atoms with E-state index < -0.39 is 6.61 Å². The van der Waals surface area contributed by atoms with Crippen molar-refractivity contribution in [2.45, 2.75) is 51.9 Å². The summed E-state index contributed by atoms with van der Waals surface area (Å²) in [6.45, 7) is 3.43. The summed E-state index contributed by atoms with van der Waals surface area (Å²) in [5.41, 5.74) is 2.89. The number of hydrogen-bond acceptors (Lipinski definition) is 5. The van der Waals surface area contributed by atoms with E-state index in [0.717, 1.165) is 21.9 Å². The Kier molecular flexibility index (Phi) is 7.73. The zero-order chi connectivity index (χ0) is 25.9. The van der Waals surface area contributed by atoms with Crippen LogP contribution in [0.3, 0.4) is 0 Å². The molecule has 4 rings (SSSR count). The van der Waals surface area contributed by atoms with Crippen LogP contribution in [0, 0.1) is 5.82 Å². The third-order valence-corrected chi connectivity index (χ3v) is 6.65. The molecule has 0 saturated heterocycles. The van der Waals surface area contributed by atoms with E-state index in [2.05, 4.69) is 15.2 Å². The largest absolute Gasteiger partial charge is 0.435 e. The van der Waals surface area contributed by atoms with Crippen LogP contribution in [-0.2, 0) is 16.9 Å². The van der Waals surface area contributed by atoms with E-state index in [9.17, 15) is 18.0 Å². The number of carbonyl (C=O) groups excluding carboxylic acids is 1. The normalized spacial score (nSPS) is 15.8. The highest BCUT2D eigenvalue weighted by molar-refractivity contribution is 8.14. The molecular formula is C26H27F3N4O2S. The Bertz CT molecular complexity index is 1250. The molecule has 1 N–H and O–H groups in total. The number of aliphatic imine (C=N–C) groups is 1. The van der Waals surface area contributed by atoms with Gasteiger partial charge in [0.2, 0.25) is 5.91 Å². The van der Waals surface area contributed by atoms with Crippen LogP contribution in [0.4, 0.5) is 13.2 Å². The molecule has 36 heavy (non-hydrogen) atoms. The van der Waals surface area contributed by atoms with Gasteiger partial charge in [-0.15, -0.1) is 11.8 Å². The van der Waals surface area contributed by atoms with Crippen molar-refractivity contribution in [3.05, 3.63) is 71.7 Å². The lowest BCUT2D eigenvalue weighted by Crippen LogP contribution is -2.26. The summed E-state index contributed by atoms with van der Waals surface area (Å²) in [4.78, 5) is 17.3. The molecule has 0 bridgehead atoms. The van der Waals surface area contributed by atoms with Crippen molar-refractivity contribution in [2.75, 3.05) is 5.75 Å². The first-order valence-corrected chi connectivity index (χ1v) is 12.4. The fraction of sp³-hybridized carbons (Fsp3) is 0.346. The lowest BCUT2D eigenvalue weighted by Gasteiger charge is -2.23. The van der Waals surface area contributed by atoms with E-state index in [0.29, 0.717) is 11.3 Å². The van der Waals surface area contributed by atoms with Crippen LogP contribution in [-0.4, -0.2) is 39.1 Å². The number of nitrogens with one attached hydrogen (secondary N) is 1. The quantitative estimate of drug-likeness (QED) is 0.422. The molecule has 2 heterocycles. The minimum Gasteiger partial charge on any atom is -0.435 e. The Balaban J connectivity index is 1.45. The average Bonchev–Trinajstić information content (AvgIpc) is 3.45. The standard InChI is InChI=1S/C26H27F3N4O2S/c1-26(2,3)33-23(17-7-9-18(27)10-8-17)21(14-31-33)24-32-19(15-36-24)12-22(34)30-13-16-5-4-6-20(11-16)35-25(28)29/h4-11,14,19,25H,12-13,15H2,1-3H3,(H,30,34). The average molecular weight is 517 g/mol. The molecule has 190 valence electrons. The van der Waals surface area contributed by atoms with Crippen molar-refractivity contribution in [2.24, 2.45) is 4.99 Å². The fourth-order valence-electron chi connectivity index (χ4n) is 3.88. The molecule has 1 aliphatic heterocycles. The van der Waals surface area contributed by atoms with Crippen LogP contribution >= 0.6 is 11.8 Å². The number of alkyl halides is 2. The summed E-state index contributed by atoms with van der Waals surface area (Å²) in [5, 5.41) is 8.20. The molecule has 0 fully saturated rings. The van der Waals surface area contributed by atoms with Gasteiger partial charge in [0.25, 0.3) is 0 Å². The first kappa shape index (κ1) is 25.8. The highest BCUT2D eigenvalue weighted by Gasteiger charge is 2.28. The number of rotatable bonds is 8. The van der Waals surface area contributed by atoms with Crippen LogP contribution < -0.4 is 10.1 Å². The second-order valence-corrected chi connectivity index (χ2v) is 10.4. The summed E-state index contributed by atoms with van der Waals surface area (Å²) in [6.07, 6.45) is 1.97. The van der Waals surface area contributed by atoms with Gasteiger partial charge in [-0.3, -0.25) is 14.5 Å². The maximum atomic E-state index is 13.6. The molecule has 6 nitrogen and oxygen atoms in total. The molecule has 0 saturated carbocycles. The highest BCUT2D eigenvalue weighted by atomic mass is 32.2. The van der Waals surface area contributed by atoms with E-state index in [1.54, 1.807) is 42.2 Å². The summed E-state index contributed by atoms with van der Waals surface area (Å²) in [6, 6.07) is 12.3. The van der Waals surface area contributed by atoms with Crippen molar-refractivity contribution < 1.29 is 22.7 Å². The number of amides is 1. The summed E-state index contributed by atoms with van der Waals surface area (Å²) < 4.78 is 44.7. The van der Waals surface area contributed by atoms with Gasteiger partial charge in [-0.1, -0.05) is 12.1 Å². The maximum Gasteiger partial charge on any atom is 0.387 e. The van der Waals surface area contributed by atoms with E-state index in [-0.39, 0.29) is 42.0 Å². The van der Waals surface area contributed by atoms with Gasteiger partial charge in [0, 0.05) is 24.3 Å². The van der Waals surface area contributed by atoms with E-state index in [4.69, 9.17) is 4.99 Å². The number of nitrogens with zero attached hydrogens (tertiary/aromatic N) is 3. The van der Waals surface area contributed by atoms with Crippen LogP contribution in [0.5, 0.6) is 5.75 Å². The molecule has 1 aromatic heterocycles. The van der Waals surface area contributed by atoms with Crippen molar-refractivity contribution in [3.8, 4) is 17.0 Å². The Hall–Kier alpha value is -3.27. The molecule has 0 aliphatic carbocycles. The third-order valence-electron chi connectivity index (χ3n) is 5.50. The predicted molar refractivity (Wildman–Crippen MR) is 135 cm³/mol. The smallest absolute Gasteiger partial charge is 0.387 e. The van der Waals surface area contributed by atoms with Gasteiger partial charge in [-0.2, -0.15) is 13.9 Å². The monoisotopic (exact) mass is 516 g/mol. The number of halogens is 3. The summed E-state index contributed by atoms with van der Waals surface area (Å²) >= 11 is 1.56. The molecule has 1 amide bonds. The van der Waals surface area contributed by atoms with Crippen molar-refractivity contribution in [3.63, 3.8) is 0 Å². The van der Waals surface area contributed by atoms with Gasteiger partial charge in [-0.25, -0.2) is 4.39 Å². The van der Waals surface area contributed by atoms with Crippen LogP contribution in [0.1, 0.15) is 38.3 Å². The highest BCUT2D eigenvalue weighted by Crippen LogP contribution is 2.34. The fourth-order valence-corrected chi connectivity index (χ4v) is 4.96. The van der Waals surface area contributed by atoms with Crippen LogP contribution in [0.2, 0.25) is 0 Å². The number of aromatic nitrogens is 2. The van der Waals surface area contributed by atoms with Crippen molar-refractivity contribution in [1.29, 1.82) is 0 Å². The third kappa shape index (κ3) is 6.29. The van der Waals surface area contributed by atoms with Crippen molar-refractivity contribution >= 4 is 22.7 Å². The SMILES string of the molecule is CC(C)(C)n1ncc(C2=NC(CC(=O)NCc3cccc(OC(F)F)c3)CS2)c1-c1ccc(F)cc1. The second-order valence-electron chi connectivity index (χ2n) is 9.40. The molecule has 0 radical (unpaired) electrons. The van der Waals surface area contributed by atoms with Crippen LogP contribution in [0.25, 0.3) is 11.3 Å². The number of hydrogen-bond donors (Lipinski definition) is 1. The molecule has 0 spiro atoms. The molecule has 1 unspecified atom stereocenters. The van der Waals surface area contributed by atoms with Crippen LogP contribution in [0.15, 0.2) is 59.7 Å². The minimum atomic E-state index is -2.90. The minimum absolute atomic E-state index is 0.0472. The number of ether oxygens (including phenoxy) is 1. The van der Waals surface area contributed by atoms with E-state index >= 15 is 0 Å². The molecule has 10 heteroatoms. The summed E-state index contributed by atoms with van der Waals surface area (Å²) in [7, 11) is 0. The maximum absolute atomic E-state index is 13.6. The second kappa shape index (κ2) is 10.8. The molecule has 1 atom stereocenters. The first-order chi connectivity index (χ1) is 17.1. The van der Waals surface area contributed by atoms with Gasteiger partial charge in [-0.05, 0) is 62.7 Å². The Labute approximate surface area is 212 Å². The molecular weight excluding hydrogens is 489 g/mol. The first-order valence-electron chi connectivity index (χ1n) is 11.5. The Morgan fingerprint density at radius 2 is 1.97 bits per heavy atom. The van der Waals surface area contributed by atoms with E-state index in [1.165, 1.54) is 24.3 Å².